The van der Waals surface area contributed by atoms with Crippen LogP contribution in [0.2, 0.25) is 10.0 Å². The van der Waals surface area contributed by atoms with Gasteiger partial charge >= 0.3 is 0 Å². The lowest BCUT2D eigenvalue weighted by molar-refractivity contribution is -0.134. The third-order valence-corrected chi connectivity index (χ3v) is 6.62. The van der Waals surface area contributed by atoms with Gasteiger partial charge in [0.25, 0.3) is 0 Å². The molecule has 4 rings (SSSR count). The van der Waals surface area contributed by atoms with Crippen LogP contribution in [-0.4, -0.2) is 57.9 Å². The van der Waals surface area contributed by atoms with Crippen LogP contribution in [0.25, 0.3) is 11.4 Å². The Morgan fingerprint density at radius 1 is 1.21 bits per heavy atom. The van der Waals surface area contributed by atoms with Crippen molar-refractivity contribution in [3.8, 4) is 17.1 Å². The van der Waals surface area contributed by atoms with E-state index in [1.807, 2.05) is 55.1 Å². The predicted octanol–water partition coefficient (Wildman–Crippen LogP) is 4.70. The summed E-state index contributed by atoms with van der Waals surface area (Å²) in [7, 11) is 0. The van der Waals surface area contributed by atoms with Crippen molar-refractivity contribution in [3.05, 3.63) is 58.3 Å². The molecular formula is C24H27Cl2N5O2. The summed E-state index contributed by atoms with van der Waals surface area (Å²) in [6, 6.07) is 11.4. The van der Waals surface area contributed by atoms with Crippen molar-refractivity contribution in [3.63, 3.8) is 0 Å². The van der Waals surface area contributed by atoms with Gasteiger partial charge in [0.05, 0.1) is 28.0 Å². The molecule has 0 radical (unpaired) electrons. The lowest BCUT2D eigenvalue weighted by atomic mass is 10.1. The molecule has 7 nitrogen and oxygen atoms in total. The first-order valence-electron chi connectivity index (χ1n) is 11.0. The number of hydrogen-bond donors (Lipinski definition) is 0. The van der Waals surface area contributed by atoms with Gasteiger partial charge in [0.15, 0.2) is 0 Å². The molecule has 1 aliphatic rings. The van der Waals surface area contributed by atoms with Crippen LogP contribution in [0, 0.1) is 6.92 Å². The summed E-state index contributed by atoms with van der Waals surface area (Å²) in [6.07, 6.45) is 1.70. The Hall–Kier alpha value is -2.77. The third kappa shape index (κ3) is 4.94. The highest BCUT2D eigenvalue weighted by atomic mass is 35.5. The summed E-state index contributed by atoms with van der Waals surface area (Å²) in [5, 5.41) is 5.69. The van der Waals surface area contributed by atoms with E-state index in [-0.39, 0.29) is 18.5 Å². The van der Waals surface area contributed by atoms with E-state index in [0.717, 1.165) is 24.5 Å². The lowest BCUT2D eigenvalue weighted by Gasteiger charge is -2.41. The molecular weight excluding hydrogens is 461 g/mol. The van der Waals surface area contributed by atoms with Crippen molar-refractivity contribution in [2.45, 2.75) is 33.4 Å². The minimum atomic E-state index is 0.0168. The molecule has 174 valence electrons. The summed E-state index contributed by atoms with van der Waals surface area (Å²) < 4.78 is 7.30. The quantitative estimate of drug-likeness (QED) is 0.504. The number of aromatic nitrogens is 3. The first kappa shape index (κ1) is 23.4. The number of halogens is 2. The second-order valence-electron chi connectivity index (χ2n) is 8.05. The van der Waals surface area contributed by atoms with Gasteiger partial charge in [0.2, 0.25) is 5.91 Å². The number of benzene rings is 1. The van der Waals surface area contributed by atoms with Crippen molar-refractivity contribution in [2.24, 2.45) is 0 Å². The number of rotatable bonds is 6. The Bertz CT molecular complexity index is 1140. The molecule has 3 heterocycles. The lowest BCUT2D eigenvalue weighted by Crippen LogP contribution is -2.54. The summed E-state index contributed by atoms with van der Waals surface area (Å²) in [5.74, 6) is 0.695. The number of piperazine rings is 1. The summed E-state index contributed by atoms with van der Waals surface area (Å²) in [5.41, 5.74) is 3.07. The molecule has 0 aliphatic carbocycles. The highest BCUT2D eigenvalue weighted by Crippen LogP contribution is 2.31. The first-order chi connectivity index (χ1) is 15.9. The van der Waals surface area contributed by atoms with Crippen molar-refractivity contribution in [1.29, 1.82) is 0 Å². The van der Waals surface area contributed by atoms with Gasteiger partial charge in [-0.05, 0) is 45.0 Å². The largest absolute Gasteiger partial charge is 0.492 e. The fourth-order valence-corrected chi connectivity index (χ4v) is 4.49. The summed E-state index contributed by atoms with van der Waals surface area (Å²) in [4.78, 5) is 21.7. The second kappa shape index (κ2) is 10.0. The molecule has 1 saturated heterocycles. The summed E-state index contributed by atoms with van der Waals surface area (Å²) in [6.45, 7) is 8.62. The molecule has 0 bridgehead atoms. The monoisotopic (exact) mass is 487 g/mol. The topological polar surface area (TPSA) is 63.5 Å². The number of carbonyl (C=O) groups excluding carboxylic acids is 1. The van der Waals surface area contributed by atoms with E-state index in [9.17, 15) is 4.79 Å². The SMILES string of the molecule is CCOc1cc(N2CCN(C(=O)Cn3nc(-c4ccccn4)c(Cl)c3C)[C@@H](C)C2)ccc1Cl. The van der Waals surface area contributed by atoms with Crippen LogP contribution >= 0.6 is 23.2 Å². The average Bonchev–Trinajstić information content (AvgIpc) is 3.09. The van der Waals surface area contributed by atoms with Crippen molar-refractivity contribution < 1.29 is 9.53 Å². The number of pyridine rings is 1. The Morgan fingerprint density at radius 2 is 2.03 bits per heavy atom. The smallest absolute Gasteiger partial charge is 0.244 e. The van der Waals surface area contributed by atoms with Crippen LogP contribution < -0.4 is 9.64 Å². The number of carbonyl (C=O) groups is 1. The molecule has 2 aromatic heterocycles. The normalized spacial score (nSPS) is 16.2. The van der Waals surface area contributed by atoms with Gasteiger partial charge in [0, 0.05) is 43.6 Å². The van der Waals surface area contributed by atoms with E-state index >= 15 is 0 Å². The maximum absolute atomic E-state index is 13.2. The van der Waals surface area contributed by atoms with Crippen LogP contribution in [-0.2, 0) is 11.3 Å². The molecule has 1 aromatic carbocycles. The maximum atomic E-state index is 13.2. The van der Waals surface area contributed by atoms with Gasteiger partial charge in [-0.25, -0.2) is 0 Å². The molecule has 0 N–H and O–H groups in total. The van der Waals surface area contributed by atoms with Gasteiger partial charge in [0.1, 0.15) is 18.0 Å². The molecule has 1 atom stereocenters. The molecule has 0 unspecified atom stereocenters. The number of anilines is 1. The van der Waals surface area contributed by atoms with E-state index in [0.29, 0.717) is 40.3 Å². The van der Waals surface area contributed by atoms with Crippen molar-refractivity contribution in [2.75, 3.05) is 31.1 Å². The molecule has 9 heteroatoms. The van der Waals surface area contributed by atoms with Gasteiger partial charge in [-0.3, -0.25) is 14.5 Å². The fraction of sp³-hybridized carbons (Fsp3) is 0.375. The fourth-order valence-electron chi connectivity index (χ4n) is 4.08. The van der Waals surface area contributed by atoms with Crippen LogP contribution in [0.3, 0.4) is 0 Å². The Kier molecular flexibility index (Phi) is 7.10. The number of ether oxygens (including phenoxy) is 1. The molecule has 33 heavy (non-hydrogen) atoms. The third-order valence-electron chi connectivity index (χ3n) is 5.85. The first-order valence-corrected chi connectivity index (χ1v) is 11.8. The Labute approximate surface area is 203 Å². The minimum Gasteiger partial charge on any atom is -0.492 e. The standard InChI is InChI=1S/C24H27Cl2N5O2/c1-4-33-21-13-18(8-9-19(21)25)29-11-12-30(16(2)14-29)22(32)15-31-17(3)23(26)24(28-31)20-7-5-6-10-27-20/h5-10,13,16H,4,11-12,14-15H2,1-3H3/t16-/m0/s1. The molecule has 1 fully saturated rings. The number of hydrogen-bond acceptors (Lipinski definition) is 5. The van der Waals surface area contributed by atoms with Crippen molar-refractivity contribution >= 4 is 34.8 Å². The zero-order valence-electron chi connectivity index (χ0n) is 19.0. The minimum absolute atomic E-state index is 0.0168. The summed E-state index contributed by atoms with van der Waals surface area (Å²) >= 11 is 12.7. The van der Waals surface area contributed by atoms with Gasteiger partial charge in [-0.15, -0.1) is 0 Å². The Morgan fingerprint density at radius 3 is 2.73 bits per heavy atom. The van der Waals surface area contributed by atoms with Gasteiger partial charge < -0.3 is 14.5 Å². The van der Waals surface area contributed by atoms with E-state index in [2.05, 4.69) is 21.9 Å². The van der Waals surface area contributed by atoms with E-state index < -0.39 is 0 Å². The van der Waals surface area contributed by atoms with Crippen LogP contribution in [0.5, 0.6) is 5.75 Å². The predicted molar refractivity (Wildman–Crippen MR) is 131 cm³/mol. The zero-order valence-corrected chi connectivity index (χ0v) is 20.5. The molecule has 3 aromatic rings. The molecule has 0 saturated carbocycles. The molecule has 1 amide bonds. The van der Waals surface area contributed by atoms with E-state index in [1.165, 1.54) is 0 Å². The number of amides is 1. The second-order valence-corrected chi connectivity index (χ2v) is 8.84. The van der Waals surface area contributed by atoms with Crippen molar-refractivity contribution in [1.82, 2.24) is 19.7 Å². The van der Waals surface area contributed by atoms with E-state index in [4.69, 9.17) is 27.9 Å². The highest BCUT2D eigenvalue weighted by molar-refractivity contribution is 6.33. The molecule has 0 spiro atoms. The van der Waals surface area contributed by atoms with Gasteiger partial charge in [-0.1, -0.05) is 29.3 Å². The maximum Gasteiger partial charge on any atom is 0.244 e. The number of nitrogens with zero attached hydrogens (tertiary/aromatic N) is 5. The van der Waals surface area contributed by atoms with Crippen LogP contribution in [0.4, 0.5) is 5.69 Å². The average molecular weight is 488 g/mol. The highest BCUT2D eigenvalue weighted by Gasteiger charge is 2.29. The zero-order chi connectivity index (χ0) is 23.5. The Balaban J connectivity index is 1.44. The van der Waals surface area contributed by atoms with E-state index in [1.54, 1.807) is 10.9 Å². The van der Waals surface area contributed by atoms with Gasteiger partial charge in [-0.2, -0.15) is 5.10 Å². The van der Waals surface area contributed by atoms with Crippen LogP contribution in [0.1, 0.15) is 19.5 Å². The molecule has 1 aliphatic heterocycles. The van der Waals surface area contributed by atoms with Crippen LogP contribution in [0.15, 0.2) is 42.6 Å².